The summed E-state index contributed by atoms with van der Waals surface area (Å²) in [6, 6.07) is 8.74. The molecular weight excluding hydrogens is 366 g/mol. The number of carbonyl (C=O) groups is 1. The maximum absolute atomic E-state index is 12.3. The molecule has 0 aliphatic heterocycles. The first-order valence-electron chi connectivity index (χ1n) is 7.09. The van der Waals surface area contributed by atoms with Crippen LogP contribution in [0.25, 0.3) is 10.2 Å². The summed E-state index contributed by atoms with van der Waals surface area (Å²) in [5.74, 6) is -0.00212. The van der Waals surface area contributed by atoms with E-state index >= 15 is 0 Å². The van der Waals surface area contributed by atoms with Gasteiger partial charge in [0.25, 0.3) is 5.56 Å². The van der Waals surface area contributed by atoms with Gasteiger partial charge in [-0.05, 0) is 37.3 Å². The van der Waals surface area contributed by atoms with Crippen LogP contribution in [0.3, 0.4) is 0 Å². The highest BCUT2D eigenvalue weighted by Gasteiger charge is 2.13. The summed E-state index contributed by atoms with van der Waals surface area (Å²) >= 11 is 8.53. The summed E-state index contributed by atoms with van der Waals surface area (Å²) in [7, 11) is 1.67. The van der Waals surface area contributed by atoms with Gasteiger partial charge in [-0.25, -0.2) is 4.98 Å². The number of anilines is 1. The first-order chi connectivity index (χ1) is 11.4. The Morgan fingerprint density at radius 1 is 1.38 bits per heavy atom. The van der Waals surface area contributed by atoms with Gasteiger partial charge in [0.2, 0.25) is 5.91 Å². The highest BCUT2D eigenvalue weighted by Crippen LogP contribution is 2.23. The second-order valence-corrected chi connectivity index (χ2v) is 7.79. The van der Waals surface area contributed by atoms with Crippen molar-refractivity contribution in [2.24, 2.45) is 7.05 Å². The molecule has 0 saturated carbocycles. The Hall–Kier alpha value is -1.83. The van der Waals surface area contributed by atoms with Gasteiger partial charge in [0.1, 0.15) is 4.83 Å². The highest BCUT2D eigenvalue weighted by molar-refractivity contribution is 7.99. The van der Waals surface area contributed by atoms with Gasteiger partial charge in [-0.2, -0.15) is 0 Å². The molecule has 0 saturated heterocycles. The van der Waals surface area contributed by atoms with Crippen molar-refractivity contribution < 1.29 is 4.79 Å². The Balaban J connectivity index is 1.73. The number of benzene rings is 1. The van der Waals surface area contributed by atoms with Crippen LogP contribution in [0.4, 0.5) is 5.69 Å². The number of thioether (sulfide) groups is 1. The van der Waals surface area contributed by atoms with Crippen LogP contribution in [0.1, 0.15) is 4.88 Å². The minimum atomic E-state index is -0.168. The number of nitrogens with zero attached hydrogens (tertiary/aromatic N) is 2. The minimum Gasteiger partial charge on any atom is -0.325 e. The zero-order valence-corrected chi connectivity index (χ0v) is 15.4. The summed E-state index contributed by atoms with van der Waals surface area (Å²) in [4.78, 5) is 30.6. The van der Waals surface area contributed by atoms with Gasteiger partial charge >= 0.3 is 0 Å². The van der Waals surface area contributed by atoms with Crippen molar-refractivity contribution in [3.63, 3.8) is 0 Å². The van der Waals surface area contributed by atoms with Gasteiger partial charge in [0.15, 0.2) is 5.16 Å². The molecule has 0 unspecified atom stereocenters. The molecule has 0 aliphatic rings. The average molecular weight is 380 g/mol. The van der Waals surface area contributed by atoms with Crippen LogP contribution < -0.4 is 10.9 Å². The lowest BCUT2D eigenvalue weighted by molar-refractivity contribution is -0.113. The van der Waals surface area contributed by atoms with E-state index in [1.807, 2.05) is 13.0 Å². The van der Waals surface area contributed by atoms with E-state index in [0.717, 1.165) is 4.88 Å². The molecule has 3 rings (SSSR count). The Kier molecular flexibility index (Phi) is 4.93. The van der Waals surface area contributed by atoms with Gasteiger partial charge in [0, 0.05) is 22.6 Å². The van der Waals surface area contributed by atoms with Gasteiger partial charge in [-0.15, -0.1) is 11.3 Å². The number of aryl methyl sites for hydroxylation is 1. The molecule has 0 spiro atoms. The van der Waals surface area contributed by atoms with E-state index in [2.05, 4.69) is 10.3 Å². The number of amides is 1. The molecular formula is C16H14ClN3O2S2. The van der Waals surface area contributed by atoms with Crippen LogP contribution in [0.15, 0.2) is 40.3 Å². The van der Waals surface area contributed by atoms with Gasteiger partial charge in [-0.1, -0.05) is 23.4 Å². The third kappa shape index (κ3) is 3.63. The molecule has 0 atom stereocenters. The summed E-state index contributed by atoms with van der Waals surface area (Å²) in [6.45, 7) is 1.94. The van der Waals surface area contributed by atoms with Crippen LogP contribution in [0.2, 0.25) is 5.02 Å². The number of aromatic nitrogens is 2. The zero-order valence-electron chi connectivity index (χ0n) is 13.0. The summed E-state index contributed by atoms with van der Waals surface area (Å²) < 4.78 is 1.48. The van der Waals surface area contributed by atoms with Crippen molar-refractivity contribution >= 4 is 56.5 Å². The molecule has 5 nitrogen and oxygen atoms in total. The number of thiophene rings is 1. The maximum atomic E-state index is 12.3. The lowest BCUT2D eigenvalue weighted by Gasteiger charge is -2.08. The van der Waals surface area contributed by atoms with Crippen LogP contribution in [0, 0.1) is 6.92 Å². The number of fused-ring (bicyclic) bond motifs is 1. The van der Waals surface area contributed by atoms with Crippen molar-refractivity contribution in [3.8, 4) is 0 Å². The van der Waals surface area contributed by atoms with Crippen LogP contribution in [-0.2, 0) is 11.8 Å². The van der Waals surface area contributed by atoms with Gasteiger partial charge in [0.05, 0.1) is 11.1 Å². The van der Waals surface area contributed by atoms with E-state index in [1.165, 1.54) is 27.7 Å². The molecule has 0 aliphatic carbocycles. The van der Waals surface area contributed by atoms with E-state index < -0.39 is 0 Å². The molecule has 124 valence electrons. The fourth-order valence-corrected chi connectivity index (χ4v) is 3.98. The van der Waals surface area contributed by atoms with Crippen molar-refractivity contribution in [1.29, 1.82) is 0 Å². The lowest BCUT2D eigenvalue weighted by atomic mass is 10.3. The molecule has 0 bridgehead atoms. The number of rotatable bonds is 4. The van der Waals surface area contributed by atoms with E-state index in [-0.39, 0.29) is 17.2 Å². The summed E-state index contributed by atoms with van der Waals surface area (Å²) in [5, 5.41) is 4.54. The number of hydrogen-bond donors (Lipinski definition) is 1. The van der Waals surface area contributed by atoms with E-state index in [1.54, 1.807) is 31.3 Å². The third-order valence-corrected chi connectivity index (χ3v) is 5.54. The molecule has 1 aromatic carbocycles. The van der Waals surface area contributed by atoms with E-state index in [4.69, 9.17) is 11.6 Å². The lowest BCUT2D eigenvalue weighted by Crippen LogP contribution is -2.20. The van der Waals surface area contributed by atoms with Crippen molar-refractivity contribution in [2.45, 2.75) is 12.1 Å². The van der Waals surface area contributed by atoms with Crippen molar-refractivity contribution in [2.75, 3.05) is 11.1 Å². The van der Waals surface area contributed by atoms with Crippen LogP contribution >= 0.6 is 34.7 Å². The monoisotopic (exact) mass is 379 g/mol. The van der Waals surface area contributed by atoms with Gasteiger partial charge < -0.3 is 5.32 Å². The van der Waals surface area contributed by atoms with E-state index in [0.29, 0.717) is 26.1 Å². The molecule has 2 aromatic heterocycles. The Labute approximate surface area is 151 Å². The fourth-order valence-electron chi connectivity index (χ4n) is 2.16. The fraction of sp³-hybridized carbons (Fsp3) is 0.188. The predicted molar refractivity (Wildman–Crippen MR) is 100 cm³/mol. The molecule has 2 heterocycles. The quantitative estimate of drug-likeness (QED) is 0.554. The Bertz CT molecular complexity index is 964. The molecule has 1 amide bonds. The largest absolute Gasteiger partial charge is 0.325 e. The number of nitrogens with one attached hydrogen (secondary N) is 1. The summed E-state index contributed by atoms with van der Waals surface area (Å²) in [5.41, 5.74) is 0.584. The highest BCUT2D eigenvalue weighted by atomic mass is 35.5. The summed E-state index contributed by atoms with van der Waals surface area (Å²) in [6.07, 6.45) is 0. The Morgan fingerprint density at radius 2 is 2.08 bits per heavy atom. The maximum Gasteiger partial charge on any atom is 0.262 e. The first kappa shape index (κ1) is 17.0. The van der Waals surface area contributed by atoms with Gasteiger partial charge in [-0.3, -0.25) is 14.2 Å². The predicted octanol–water partition coefficient (Wildman–Crippen LogP) is 3.69. The smallest absolute Gasteiger partial charge is 0.262 e. The Morgan fingerprint density at radius 3 is 2.79 bits per heavy atom. The normalized spacial score (nSPS) is 11.0. The second kappa shape index (κ2) is 6.96. The number of carbonyl (C=O) groups excluding carboxylic acids is 1. The van der Waals surface area contributed by atoms with Crippen molar-refractivity contribution in [3.05, 3.63) is 50.6 Å². The number of halogens is 1. The standard InChI is InChI=1S/C16H14ClN3O2S2/c1-9-7-12-14(24-9)19-16(20(2)15(12)22)23-8-13(21)18-11-5-3-10(17)4-6-11/h3-7H,8H2,1-2H3,(H,18,21). The first-order valence-corrected chi connectivity index (χ1v) is 9.27. The second-order valence-electron chi connectivity index (χ2n) is 5.18. The molecule has 24 heavy (non-hydrogen) atoms. The molecule has 1 N–H and O–H groups in total. The van der Waals surface area contributed by atoms with Crippen LogP contribution in [0.5, 0.6) is 0 Å². The molecule has 8 heteroatoms. The van der Waals surface area contributed by atoms with Crippen LogP contribution in [-0.4, -0.2) is 21.2 Å². The van der Waals surface area contributed by atoms with Crippen molar-refractivity contribution in [1.82, 2.24) is 9.55 Å². The molecule has 3 aromatic rings. The zero-order chi connectivity index (χ0) is 17.3. The van der Waals surface area contributed by atoms with E-state index in [9.17, 15) is 9.59 Å². The number of hydrogen-bond acceptors (Lipinski definition) is 5. The SMILES string of the molecule is Cc1cc2c(=O)n(C)c(SCC(=O)Nc3ccc(Cl)cc3)nc2s1. The molecule has 0 radical (unpaired) electrons. The third-order valence-electron chi connectivity index (χ3n) is 3.32. The topological polar surface area (TPSA) is 64.0 Å². The molecule has 0 fully saturated rings. The minimum absolute atomic E-state index is 0.0926. The average Bonchev–Trinajstić information content (AvgIpc) is 2.92.